The molecule has 2 aliphatic rings. The second-order valence-electron chi connectivity index (χ2n) is 6.61. The van der Waals surface area contributed by atoms with Gasteiger partial charge in [0.05, 0.1) is 0 Å². The molecule has 2 fully saturated rings. The number of hydrogen-bond acceptors (Lipinski definition) is 5. The van der Waals surface area contributed by atoms with Crippen molar-refractivity contribution in [3.63, 3.8) is 0 Å². The Kier molecular flexibility index (Phi) is 5.27. The molecule has 9 heteroatoms. The summed E-state index contributed by atoms with van der Waals surface area (Å²) in [6, 6.07) is 7.43. The Hall–Kier alpha value is -1.70. The van der Waals surface area contributed by atoms with Gasteiger partial charge in [-0.1, -0.05) is 11.6 Å². The Morgan fingerprint density at radius 2 is 2.00 bits per heavy atom. The molecule has 1 aliphatic carbocycles. The number of benzene rings is 1. The normalized spacial score (nSPS) is 24.9. The third kappa shape index (κ3) is 3.63. The largest absolute Gasteiger partial charge is 0.340 e. The highest BCUT2D eigenvalue weighted by Crippen LogP contribution is 2.37. The molecule has 2 heterocycles. The molecule has 1 saturated heterocycles. The molecule has 1 aliphatic heterocycles. The van der Waals surface area contributed by atoms with Crippen molar-refractivity contribution in [1.82, 2.24) is 25.1 Å². The second kappa shape index (κ2) is 7.27. The van der Waals surface area contributed by atoms with Gasteiger partial charge in [0.25, 0.3) is 0 Å². The van der Waals surface area contributed by atoms with Gasteiger partial charge in [0.15, 0.2) is 0 Å². The Labute approximate surface area is 156 Å². The van der Waals surface area contributed by atoms with Crippen molar-refractivity contribution < 1.29 is 4.79 Å². The van der Waals surface area contributed by atoms with E-state index in [2.05, 4.69) is 15.4 Å². The molecule has 0 radical (unpaired) electrons. The maximum Gasteiger partial charge on any atom is 0.246 e. The van der Waals surface area contributed by atoms with Gasteiger partial charge in [0.1, 0.15) is 6.54 Å². The zero-order valence-electron chi connectivity index (χ0n) is 13.6. The molecule has 134 valence electrons. The lowest BCUT2D eigenvalue weighted by Gasteiger charge is -2.18. The number of carbonyl (C=O) groups is 1. The summed E-state index contributed by atoms with van der Waals surface area (Å²) in [4.78, 5) is 15.7. The number of nitrogens with zero attached hydrogens (tertiary/aromatic N) is 5. The Morgan fingerprint density at radius 3 is 2.72 bits per heavy atom. The summed E-state index contributed by atoms with van der Waals surface area (Å²) >= 11 is 5.88. The molecule has 3 atom stereocenters. The van der Waals surface area contributed by atoms with Crippen LogP contribution in [-0.2, 0) is 11.3 Å². The van der Waals surface area contributed by atoms with Gasteiger partial charge in [-0.2, -0.15) is 4.80 Å². The minimum Gasteiger partial charge on any atom is -0.340 e. The maximum absolute atomic E-state index is 12.5. The van der Waals surface area contributed by atoms with Crippen LogP contribution in [0.5, 0.6) is 0 Å². The van der Waals surface area contributed by atoms with E-state index in [1.165, 1.54) is 4.80 Å². The van der Waals surface area contributed by atoms with Gasteiger partial charge in [0.2, 0.25) is 11.7 Å². The zero-order valence-corrected chi connectivity index (χ0v) is 15.2. The van der Waals surface area contributed by atoms with Crippen LogP contribution in [0.25, 0.3) is 11.4 Å². The number of fused-ring (bicyclic) bond motifs is 1. The molecule has 2 aromatic rings. The molecule has 1 aromatic carbocycles. The van der Waals surface area contributed by atoms with Gasteiger partial charge >= 0.3 is 0 Å². The number of aromatic nitrogens is 4. The number of likely N-dealkylation sites (tertiary alicyclic amines) is 1. The fourth-order valence-corrected chi connectivity index (χ4v) is 3.88. The molecule has 3 unspecified atom stereocenters. The van der Waals surface area contributed by atoms with Crippen LogP contribution in [0, 0.1) is 11.8 Å². The Morgan fingerprint density at radius 1 is 1.24 bits per heavy atom. The molecule has 7 nitrogen and oxygen atoms in total. The van der Waals surface area contributed by atoms with Crippen LogP contribution in [0.15, 0.2) is 24.3 Å². The summed E-state index contributed by atoms with van der Waals surface area (Å²) < 4.78 is 0. The lowest BCUT2D eigenvalue weighted by molar-refractivity contribution is -0.131. The smallest absolute Gasteiger partial charge is 0.246 e. The first-order valence-electron chi connectivity index (χ1n) is 8.17. The molecular formula is C16H20Cl2N6O. The fraction of sp³-hybridized carbons (Fsp3) is 0.500. The van der Waals surface area contributed by atoms with E-state index < -0.39 is 0 Å². The molecule has 2 N–H and O–H groups in total. The quantitative estimate of drug-likeness (QED) is 0.870. The summed E-state index contributed by atoms with van der Waals surface area (Å²) in [5, 5.41) is 12.9. The lowest BCUT2D eigenvalue weighted by atomic mass is 9.98. The van der Waals surface area contributed by atoms with Crippen LogP contribution < -0.4 is 5.73 Å². The molecule has 0 spiro atoms. The van der Waals surface area contributed by atoms with E-state index in [9.17, 15) is 4.79 Å². The first kappa shape index (κ1) is 18.1. The number of tetrazole rings is 1. The molecule has 1 aromatic heterocycles. The molecule has 1 amide bonds. The van der Waals surface area contributed by atoms with Crippen molar-refractivity contribution in [3.05, 3.63) is 29.3 Å². The lowest BCUT2D eigenvalue weighted by Crippen LogP contribution is -2.35. The Balaban J connectivity index is 0.00000182. The van der Waals surface area contributed by atoms with Crippen LogP contribution in [0.3, 0.4) is 0 Å². The highest BCUT2D eigenvalue weighted by molar-refractivity contribution is 6.30. The second-order valence-corrected chi connectivity index (χ2v) is 7.05. The van der Waals surface area contributed by atoms with Crippen molar-refractivity contribution in [1.29, 1.82) is 0 Å². The molecule has 1 saturated carbocycles. The van der Waals surface area contributed by atoms with Gasteiger partial charge in [0, 0.05) is 29.7 Å². The van der Waals surface area contributed by atoms with E-state index in [1.54, 1.807) is 12.1 Å². The predicted molar refractivity (Wildman–Crippen MR) is 96.3 cm³/mol. The summed E-state index contributed by atoms with van der Waals surface area (Å²) in [6.07, 6.45) is 2.20. The monoisotopic (exact) mass is 382 g/mol. The van der Waals surface area contributed by atoms with E-state index in [-0.39, 0.29) is 30.9 Å². The van der Waals surface area contributed by atoms with Crippen LogP contribution in [0.1, 0.15) is 12.8 Å². The summed E-state index contributed by atoms with van der Waals surface area (Å²) in [6.45, 7) is 1.66. The van der Waals surface area contributed by atoms with Crippen LogP contribution in [-0.4, -0.2) is 50.1 Å². The Bertz CT molecular complexity index is 749. The number of amides is 1. The van der Waals surface area contributed by atoms with Crippen molar-refractivity contribution in [2.45, 2.75) is 25.4 Å². The molecular weight excluding hydrogens is 363 g/mol. The third-order valence-corrected chi connectivity index (χ3v) is 5.35. The topological polar surface area (TPSA) is 89.9 Å². The summed E-state index contributed by atoms with van der Waals surface area (Å²) in [5.74, 6) is 1.51. The average Bonchev–Trinajstić information content (AvgIpc) is 3.26. The van der Waals surface area contributed by atoms with E-state index in [1.807, 2.05) is 17.0 Å². The van der Waals surface area contributed by atoms with E-state index in [0.29, 0.717) is 22.7 Å². The third-order valence-electron chi connectivity index (χ3n) is 5.10. The van der Waals surface area contributed by atoms with Gasteiger partial charge in [-0.3, -0.25) is 4.79 Å². The van der Waals surface area contributed by atoms with Crippen molar-refractivity contribution >= 4 is 29.9 Å². The number of nitrogens with two attached hydrogens (primary N) is 1. The summed E-state index contributed by atoms with van der Waals surface area (Å²) in [5.41, 5.74) is 6.95. The van der Waals surface area contributed by atoms with Crippen LogP contribution in [0.2, 0.25) is 5.02 Å². The van der Waals surface area contributed by atoms with Gasteiger partial charge in [-0.25, -0.2) is 0 Å². The number of hydrogen-bond donors (Lipinski definition) is 1. The average molecular weight is 383 g/mol. The zero-order chi connectivity index (χ0) is 16.7. The van der Waals surface area contributed by atoms with Gasteiger partial charge in [-0.05, 0) is 54.2 Å². The molecule has 0 bridgehead atoms. The van der Waals surface area contributed by atoms with Crippen molar-refractivity contribution in [3.8, 4) is 11.4 Å². The van der Waals surface area contributed by atoms with E-state index in [0.717, 1.165) is 31.5 Å². The number of rotatable bonds is 3. The van der Waals surface area contributed by atoms with E-state index >= 15 is 0 Å². The number of halogens is 2. The van der Waals surface area contributed by atoms with Gasteiger partial charge in [-0.15, -0.1) is 22.6 Å². The van der Waals surface area contributed by atoms with Crippen molar-refractivity contribution in [2.75, 3.05) is 13.1 Å². The van der Waals surface area contributed by atoms with Gasteiger partial charge < -0.3 is 10.6 Å². The molecule has 25 heavy (non-hydrogen) atoms. The minimum absolute atomic E-state index is 0. The standard InChI is InChI=1S/C16H19ClN6O.ClH/c17-12-4-1-10(2-5-12)16-19-21-23(20-16)9-15(24)22-7-11-3-6-14(18)13(11)8-22;/h1-2,4-5,11,13-14H,3,6-9,18H2;1H. The van der Waals surface area contributed by atoms with Crippen molar-refractivity contribution in [2.24, 2.45) is 17.6 Å². The minimum atomic E-state index is 0. The van der Waals surface area contributed by atoms with E-state index in [4.69, 9.17) is 17.3 Å². The predicted octanol–water partition coefficient (Wildman–Crippen LogP) is 1.61. The highest BCUT2D eigenvalue weighted by Gasteiger charge is 2.42. The van der Waals surface area contributed by atoms with Crippen LogP contribution >= 0.6 is 24.0 Å². The first-order valence-corrected chi connectivity index (χ1v) is 8.55. The molecule has 4 rings (SSSR count). The number of carbonyl (C=O) groups excluding carboxylic acids is 1. The summed E-state index contributed by atoms with van der Waals surface area (Å²) in [7, 11) is 0. The highest BCUT2D eigenvalue weighted by atomic mass is 35.5. The SMILES string of the molecule is Cl.NC1CCC2CN(C(=O)Cn3nnc(-c4ccc(Cl)cc4)n3)CC12. The fourth-order valence-electron chi connectivity index (χ4n) is 3.76. The van der Waals surface area contributed by atoms with Crippen LogP contribution in [0.4, 0.5) is 0 Å². The maximum atomic E-state index is 12.5. The first-order chi connectivity index (χ1) is 11.6.